The average molecular weight is 475 g/mol. The van der Waals surface area contributed by atoms with E-state index in [1.165, 1.54) is 27.5 Å². The smallest absolute Gasteiger partial charge is 0.339 e. The number of piperazine rings is 1. The van der Waals surface area contributed by atoms with Gasteiger partial charge in [-0.3, -0.25) is 0 Å². The molecule has 2 heterocycles. The van der Waals surface area contributed by atoms with Crippen molar-refractivity contribution in [3.05, 3.63) is 65.0 Å². The van der Waals surface area contributed by atoms with Gasteiger partial charge in [-0.1, -0.05) is 29.8 Å². The quantitative estimate of drug-likeness (QED) is 0.558. The van der Waals surface area contributed by atoms with Crippen molar-refractivity contribution in [1.82, 2.24) is 13.7 Å². The molecule has 0 unspecified atom stereocenters. The molecule has 0 bridgehead atoms. The summed E-state index contributed by atoms with van der Waals surface area (Å²) in [6.07, 6.45) is 0.640. The van der Waals surface area contributed by atoms with Gasteiger partial charge in [0, 0.05) is 50.2 Å². The van der Waals surface area contributed by atoms with Crippen LogP contribution in [0.5, 0.6) is 5.75 Å². The summed E-state index contributed by atoms with van der Waals surface area (Å²) in [7, 11) is -3.85. The second-order valence-electron chi connectivity index (χ2n) is 7.53. The Labute approximate surface area is 189 Å². The van der Waals surface area contributed by atoms with E-state index in [9.17, 15) is 18.3 Å². The van der Waals surface area contributed by atoms with Gasteiger partial charge >= 0.3 is 5.97 Å². The lowest BCUT2D eigenvalue weighted by atomic mass is 10.1. The Hall–Kier alpha value is -3.02. The van der Waals surface area contributed by atoms with E-state index in [-0.39, 0.29) is 23.5 Å². The Morgan fingerprint density at radius 3 is 2.41 bits per heavy atom. The number of carboxylic acids is 1. The number of phenols is 1. The van der Waals surface area contributed by atoms with Gasteiger partial charge in [0.05, 0.1) is 4.90 Å². The lowest BCUT2D eigenvalue weighted by molar-refractivity contribution is 0.0693. The maximum absolute atomic E-state index is 12.9. The van der Waals surface area contributed by atoms with Crippen LogP contribution in [0.25, 0.3) is 0 Å². The molecular formula is C21H22N4O5S2. The summed E-state index contributed by atoms with van der Waals surface area (Å²) in [5.41, 5.74) is 1.99. The molecule has 0 saturated carbocycles. The molecule has 3 aromatic rings. The van der Waals surface area contributed by atoms with E-state index < -0.39 is 21.7 Å². The van der Waals surface area contributed by atoms with Crippen LogP contribution < -0.4 is 4.90 Å². The van der Waals surface area contributed by atoms with Crippen LogP contribution in [0.1, 0.15) is 27.3 Å². The first-order valence-electron chi connectivity index (χ1n) is 9.93. The summed E-state index contributed by atoms with van der Waals surface area (Å²) >= 11 is 1.30. The van der Waals surface area contributed by atoms with E-state index >= 15 is 0 Å². The predicted octanol–water partition coefficient (Wildman–Crippen LogP) is 2.35. The van der Waals surface area contributed by atoms with Gasteiger partial charge in [-0.05, 0) is 24.6 Å². The number of hydrogen-bond donors (Lipinski definition) is 2. The lowest BCUT2D eigenvalue weighted by Crippen LogP contribution is -2.48. The molecule has 0 spiro atoms. The van der Waals surface area contributed by atoms with Gasteiger partial charge in [-0.2, -0.15) is 8.68 Å². The molecule has 0 aliphatic carbocycles. The van der Waals surface area contributed by atoms with Gasteiger partial charge in [0.2, 0.25) is 15.2 Å². The van der Waals surface area contributed by atoms with E-state index in [0.717, 1.165) is 28.7 Å². The summed E-state index contributed by atoms with van der Waals surface area (Å²) in [5.74, 6) is -1.16. The lowest BCUT2D eigenvalue weighted by Gasteiger charge is -2.33. The Morgan fingerprint density at radius 1 is 1.09 bits per heavy atom. The number of nitrogens with zero attached hydrogens (tertiary/aromatic N) is 4. The number of hydrogen-bond acceptors (Lipinski definition) is 8. The number of carbonyl (C=O) groups is 1. The molecule has 32 heavy (non-hydrogen) atoms. The van der Waals surface area contributed by atoms with Gasteiger partial charge in [0.25, 0.3) is 0 Å². The number of aromatic carboxylic acids is 1. The molecule has 168 valence electrons. The average Bonchev–Trinajstić information content (AvgIpc) is 3.23. The molecule has 0 atom stereocenters. The van der Waals surface area contributed by atoms with Crippen molar-refractivity contribution in [2.45, 2.75) is 18.2 Å². The van der Waals surface area contributed by atoms with Crippen molar-refractivity contribution >= 4 is 32.7 Å². The Kier molecular flexibility index (Phi) is 6.13. The molecule has 1 aromatic heterocycles. The first kappa shape index (κ1) is 22.2. The molecule has 4 rings (SSSR count). The Balaban J connectivity index is 1.41. The normalized spacial score (nSPS) is 15.1. The van der Waals surface area contributed by atoms with Crippen LogP contribution in [0.15, 0.2) is 47.4 Å². The zero-order valence-corrected chi connectivity index (χ0v) is 18.9. The van der Waals surface area contributed by atoms with Crippen LogP contribution in [-0.2, 0) is 16.4 Å². The molecule has 2 N–H and O–H groups in total. The zero-order valence-electron chi connectivity index (χ0n) is 17.3. The van der Waals surface area contributed by atoms with Crippen LogP contribution in [0.4, 0.5) is 5.13 Å². The van der Waals surface area contributed by atoms with Crippen molar-refractivity contribution in [2.24, 2.45) is 0 Å². The highest BCUT2D eigenvalue weighted by molar-refractivity contribution is 7.89. The topological polar surface area (TPSA) is 124 Å². The molecule has 2 aromatic carbocycles. The summed E-state index contributed by atoms with van der Waals surface area (Å²) in [5, 5.41) is 19.6. The first-order chi connectivity index (χ1) is 15.2. The van der Waals surface area contributed by atoms with Gasteiger partial charge in [0.1, 0.15) is 17.1 Å². The van der Waals surface area contributed by atoms with Crippen molar-refractivity contribution < 1.29 is 23.4 Å². The number of sulfonamides is 1. The van der Waals surface area contributed by atoms with Crippen molar-refractivity contribution in [3.63, 3.8) is 0 Å². The highest BCUT2D eigenvalue weighted by Crippen LogP contribution is 2.26. The second kappa shape index (κ2) is 8.85. The van der Waals surface area contributed by atoms with E-state index in [2.05, 4.69) is 33.6 Å². The third-order valence-electron chi connectivity index (χ3n) is 5.29. The summed E-state index contributed by atoms with van der Waals surface area (Å²) < 4.78 is 31.6. The fourth-order valence-corrected chi connectivity index (χ4v) is 5.63. The SMILES string of the molecule is Cc1ccc(Cc2nsc(N3CCN(S(=O)(=O)c4ccc(C(=O)O)c(O)c4)CC3)n2)cc1. The number of rotatable bonds is 6. The van der Waals surface area contributed by atoms with Crippen LogP contribution >= 0.6 is 11.5 Å². The highest BCUT2D eigenvalue weighted by atomic mass is 32.2. The molecule has 9 nitrogen and oxygen atoms in total. The molecule has 11 heteroatoms. The van der Waals surface area contributed by atoms with E-state index in [0.29, 0.717) is 19.5 Å². The summed E-state index contributed by atoms with van der Waals surface area (Å²) in [6.45, 7) is 3.44. The third-order valence-corrected chi connectivity index (χ3v) is 8.00. The Morgan fingerprint density at radius 2 is 1.78 bits per heavy atom. The number of aryl methyl sites for hydroxylation is 1. The van der Waals surface area contributed by atoms with Crippen LogP contribution in [-0.4, -0.2) is 64.4 Å². The van der Waals surface area contributed by atoms with Crippen LogP contribution in [0.2, 0.25) is 0 Å². The fraction of sp³-hybridized carbons (Fsp3) is 0.286. The number of aromatic nitrogens is 2. The number of benzene rings is 2. The maximum Gasteiger partial charge on any atom is 0.339 e. The number of anilines is 1. The van der Waals surface area contributed by atoms with Crippen molar-refractivity contribution in [2.75, 3.05) is 31.1 Å². The minimum Gasteiger partial charge on any atom is -0.507 e. The first-order valence-corrected chi connectivity index (χ1v) is 12.1. The maximum atomic E-state index is 12.9. The van der Waals surface area contributed by atoms with Gasteiger partial charge in [-0.15, -0.1) is 0 Å². The predicted molar refractivity (Wildman–Crippen MR) is 120 cm³/mol. The van der Waals surface area contributed by atoms with Crippen molar-refractivity contribution in [3.8, 4) is 5.75 Å². The molecule has 1 aliphatic heterocycles. The molecule has 1 fully saturated rings. The molecule has 0 amide bonds. The number of aromatic hydroxyl groups is 1. The molecule has 0 radical (unpaired) electrons. The standard InChI is InChI=1S/C21H22N4O5S2/c1-14-2-4-15(5-3-14)12-19-22-21(31-23-19)24-8-10-25(11-9-24)32(29,30)16-6-7-17(20(27)28)18(26)13-16/h2-7,13,26H,8-12H2,1H3,(H,27,28). The van der Waals surface area contributed by atoms with Gasteiger partial charge in [0.15, 0.2) is 0 Å². The molecule has 1 aliphatic rings. The zero-order chi connectivity index (χ0) is 22.9. The summed E-state index contributed by atoms with van der Waals surface area (Å²) in [4.78, 5) is 17.5. The third kappa shape index (κ3) is 4.59. The number of carboxylic acid groups (broad SMARTS) is 1. The van der Waals surface area contributed by atoms with Crippen LogP contribution in [0, 0.1) is 6.92 Å². The minimum absolute atomic E-state index is 0.134. The largest absolute Gasteiger partial charge is 0.507 e. The van der Waals surface area contributed by atoms with Gasteiger partial charge in [-0.25, -0.2) is 18.2 Å². The van der Waals surface area contributed by atoms with E-state index in [1.807, 2.05) is 11.8 Å². The van der Waals surface area contributed by atoms with Crippen molar-refractivity contribution in [1.29, 1.82) is 0 Å². The molecule has 1 saturated heterocycles. The Bertz CT molecular complexity index is 1230. The monoisotopic (exact) mass is 474 g/mol. The van der Waals surface area contributed by atoms with Gasteiger partial charge < -0.3 is 15.1 Å². The van der Waals surface area contributed by atoms with E-state index in [1.54, 1.807) is 0 Å². The highest BCUT2D eigenvalue weighted by Gasteiger charge is 2.30. The van der Waals surface area contributed by atoms with Crippen LogP contribution in [0.3, 0.4) is 0 Å². The second-order valence-corrected chi connectivity index (χ2v) is 10.2. The fourth-order valence-electron chi connectivity index (χ4n) is 3.46. The molecular weight excluding hydrogens is 452 g/mol. The van der Waals surface area contributed by atoms with E-state index in [4.69, 9.17) is 5.11 Å². The summed E-state index contributed by atoms with van der Waals surface area (Å²) in [6, 6.07) is 11.5. The minimum atomic E-state index is -3.85.